The molecule has 0 radical (unpaired) electrons. The van der Waals surface area contributed by atoms with Crippen LogP contribution < -0.4 is 11.1 Å². The molecule has 1 aromatic carbocycles. The zero-order valence-electron chi connectivity index (χ0n) is 13.8. The standard InChI is InChI=1S/C16H20BrFN4O3/c1-10(23)21-4-6-22(7-5-21)14(24)2-3-20-13-9-11(17)8-12(18)15(13)16(19)25/h8-9,20H,2-7H2,1H3,(H2,19,25). The average molecular weight is 415 g/mol. The quantitative estimate of drug-likeness (QED) is 0.755. The fraction of sp³-hybridized carbons (Fsp3) is 0.438. The fourth-order valence-electron chi connectivity index (χ4n) is 2.70. The van der Waals surface area contributed by atoms with Crippen molar-refractivity contribution in [1.82, 2.24) is 9.80 Å². The lowest BCUT2D eigenvalue weighted by Gasteiger charge is -2.34. The molecule has 0 atom stereocenters. The number of benzene rings is 1. The van der Waals surface area contributed by atoms with E-state index in [1.165, 1.54) is 6.92 Å². The largest absolute Gasteiger partial charge is 0.384 e. The first-order valence-corrected chi connectivity index (χ1v) is 8.65. The highest BCUT2D eigenvalue weighted by Gasteiger charge is 2.22. The number of primary amides is 1. The minimum Gasteiger partial charge on any atom is -0.384 e. The van der Waals surface area contributed by atoms with Crippen molar-refractivity contribution in [1.29, 1.82) is 0 Å². The van der Waals surface area contributed by atoms with Crippen molar-refractivity contribution in [2.45, 2.75) is 13.3 Å². The zero-order valence-corrected chi connectivity index (χ0v) is 15.4. The van der Waals surface area contributed by atoms with Gasteiger partial charge in [-0.25, -0.2) is 4.39 Å². The van der Waals surface area contributed by atoms with Crippen LogP contribution >= 0.6 is 15.9 Å². The van der Waals surface area contributed by atoms with Gasteiger partial charge < -0.3 is 20.9 Å². The number of halogens is 2. The molecule has 1 aliphatic heterocycles. The molecule has 0 aliphatic carbocycles. The highest BCUT2D eigenvalue weighted by molar-refractivity contribution is 9.10. The van der Waals surface area contributed by atoms with Crippen LogP contribution in [0.2, 0.25) is 0 Å². The van der Waals surface area contributed by atoms with E-state index in [-0.39, 0.29) is 36.0 Å². The van der Waals surface area contributed by atoms with E-state index in [0.29, 0.717) is 30.7 Å². The predicted molar refractivity (Wildman–Crippen MR) is 94.6 cm³/mol. The molecule has 1 aliphatic rings. The molecule has 3 amide bonds. The Morgan fingerprint density at radius 2 is 1.80 bits per heavy atom. The second-order valence-corrected chi connectivity index (χ2v) is 6.65. The monoisotopic (exact) mass is 414 g/mol. The van der Waals surface area contributed by atoms with Crippen LogP contribution in [-0.2, 0) is 9.59 Å². The van der Waals surface area contributed by atoms with Gasteiger partial charge in [0.05, 0.1) is 11.3 Å². The summed E-state index contributed by atoms with van der Waals surface area (Å²) in [6.07, 6.45) is 0.187. The fourth-order valence-corrected chi connectivity index (χ4v) is 3.13. The molecule has 3 N–H and O–H groups in total. The van der Waals surface area contributed by atoms with Crippen molar-refractivity contribution in [2.75, 3.05) is 38.0 Å². The number of nitrogens with zero attached hydrogens (tertiary/aromatic N) is 2. The van der Waals surface area contributed by atoms with Crippen molar-refractivity contribution >= 4 is 39.3 Å². The third kappa shape index (κ3) is 4.91. The number of anilines is 1. The molecule has 1 saturated heterocycles. The van der Waals surface area contributed by atoms with Crippen LogP contribution in [0.1, 0.15) is 23.7 Å². The van der Waals surface area contributed by atoms with Crippen molar-refractivity contribution in [3.8, 4) is 0 Å². The lowest BCUT2D eigenvalue weighted by molar-refractivity contribution is -0.138. The molecule has 1 aromatic rings. The van der Waals surface area contributed by atoms with E-state index >= 15 is 0 Å². The number of nitrogens with one attached hydrogen (secondary N) is 1. The van der Waals surface area contributed by atoms with Crippen LogP contribution in [0.5, 0.6) is 0 Å². The zero-order chi connectivity index (χ0) is 18.6. The van der Waals surface area contributed by atoms with Crippen LogP contribution in [0.15, 0.2) is 16.6 Å². The Hall–Kier alpha value is -2.16. The van der Waals surface area contributed by atoms with Gasteiger partial charge in [-0.05, 0) is 12.1 Å². The number of carbonyl (C=O) groups is 3. The van der Waals surface area contributed by atoms with E-state index in [1.54, 1.807) is 15.9 Å². The summed E-state index contributed by atoms with van der Waals surface area (Å²) in [5.74, 6) is -1.66. The summed E-state index contributed by atoms with van der Waals surface area (Å²) in [5.41, 5.74) is 5.22. The van der Waals surface area contributed by atoms with Gasteiger partial charge in [0.15, 0.2) is 0 Å². The Balaban J connectivity index is 1.90. The molecule has 1 heterocycles. The van der Waals surface area contributed by atoms with Crippen molar-refractivity contribution in [3.63, 3.8) is 0 Å². The van der Waals surface area contributed by atoms with Gasteiger partial charge in [-0.3, -0.25) is 14.4 Å². The van der Waals surface area contributed by atoms with Crippen LogP contribution in [0.25, 0.3) is 0 Å². The summed E-state index contributed by atoms with van der Waals surface area (Å²) in [6, 6.07) is 2.70. The van der Waals surface area contributed by atoms with Gasteiger partial charge >= 0.3 is 0 Å². The van der Waals surface area contributed by atoms with Crippen molar-refractivity contribution in [3.05, 3.63) is 28.0 Å². The SMILES string of the molecule is CC(=O)N1CCN(C(=O)CCNc2cc(Br)cc(F)c2C(N)=O)CC1. The Morgan fingerprint density at radius 1 is 1.20 bits per heavy atom. The number of nitrogens with two attached hydrogens (primary N) is 1. The lowest BCUT2D eigenvalue weighted by Crippen LogP contribution is -2.50. The van der Waals surface area contributed by atoms with Gasteiger partial charge in [0.2, 0.25) is 11.8 Å². The first-order chi connectivity index (χ1) is 11.8. The van der Waals surface area contributed by atoms with E-state index in [1.807, 2.05) is 0 Å². The first kappa shape index (κ1) is 19.2. The highest BCUT2D eigenvalue weighted by atomic mass is 79.9. The Morgan fingerprint density at radius 3 is 2.36 bits per heavy atom. The molecule has 1 fully saturated rings. The smallest absolute Gasteiger partial charge is 0.253 e. The molecular formula is C16H20BrFN4O3. The van der Waals surface area contributed by atoms with E-state index in [9.17, 15) is 18.8 Å². The molecule has 0 aromatic heterocycles. The van der Waals surface area contributed by atoms with Gasteiger partial charge in [0, 0.05) is 50.5 Å². The van der Waals surface area contributed by atoms with E-state index in [0.717, 1.165) is 6.07 Å². The van der Waals surface area contributed by atoms with Crippen LogP contribution in [-0.4, -0.2) is 60.2 Å². The van der Waals surface area contributed by atoms with Gasteiger partial charge in [-0.1, -0.05) is 15.9 Å². The molecule has 0 spiro atoms. The average Bonchev–Trinajstić information content (AvgIpc) is 2.53. The molecule has 136 valence electrons. The second kappa shape index (κ2) is 8.28. The van der Waals surface area contributed by atoms with Gasteiger partial charge in [-0.15, -0.1) is 0 Å². The number of hydrogen-bond acceptors (Lipinski definition) is 4. The van der Waals surface area contributed by atoms with Crippen LogP contribution in [0, 0.1) is 5.82 Å². The predicted octanol–water partition coefficient (Wildman–Crippen LogP) is 1.18. The summed E-state index contributed by atoms with van der Waals surface area (Å²) in [7, 11) is 0. The normalized spacial score (nSPS) is 14.4. The minimum atomic E-state index is -0.876. The molecule has 7 nitrogen and oxygen atoms in total. The maximum absolute atomic E-state index is 13.9. The number of rotatable bonds is 5. The van der Waals surface area contributed by atoms with E-state index < -0.39 is 11.7 Å². The Kier molecular flexibility index (Phi) is 6.35. The maximum Gasteiger partial charge on any atom is 0.253 e. The summed E-state index contributed by atoms with van der Waals surface area (Å²) in [4.78, 5) is 38.3. The highest BCUT2D eigenvalue weighted by Crippen LogP contribution is 2.24. The van der Waals surface area contributed by atoms with Gasteiger partial charge in [0.25, 0.3) is 5.91 Å². The van der Waals surface area contributed by atoms with Gasteiger partial charge in [-0.2, -0.15) is 0 Å². The molecular weight excluding hydrogens is 395 g/mol. The summed E-state index contributed by atoms with van der Waals surface area (Å²) in [6.45, 7) is 3.79. The second-order valence-electron chi connectivity index (χ2n) is 5.74. The third-order valence-corrected chi connectivity index (χ3v) is 4.49. The molecule has 0 saturated carbocycles. The molecule has 9 heteroatoms. The van der Waals surface area contributed by atoms with Crippen molar-refractivity contribution < 1.29 is 18.8 Å². The number of amides is 3. The molecule has 0 bridgehead atoms. The van der Waals surface area contributed by atoms with Crippen LogP contribution in [0.3, 0.4) is 0 Å². The Labute approximate surface area is 153 Å². The lowest BCUT2D eigenvalue weighted by atomic mass is 10.1. The molecule has 25 heavy (non-hydrogen) atoms. The third-order valence-electron chi connectivity index (χ3n) is 4.03. The summed E-state index contributed by atoms with van der Waals surface area (Å²) in [5, 5.41) is 2.89. The Bertz CT molecular complexity index is 690. The van der Waals surface area contributed by atoms with E-state index in [4.69, 9.17) is 5.73 Å². The number of piperazine rings is 1. The first-order valence-electron chi connectivity index (χ1n) is 7.85. The van der Waals surface area contributed by atoms with E-state index in [2.05, 4.69) is 21.2 Å². The molecule has 2 rings (SSSR count). The van der Waals surface area contributed by atoms with Crippen LogP contribution in [0.4, 0.5) is 10.1 Å². The van der Waals surface area contributed by atoms with Crippen molar-refractivity contribution in [2.24, 2.45) is 5.73 Å². The maximum atomic E-state index is 13.9. The summed E-state index contributed by atoms with van der Waals surface area (Å²) < 4.78 is 14.3. The summed E-state index contributed by atoms with van der Waals surface area (Å²) >= 11 is 3.16. The number of hydrogen-bond donors (Lipinski definition) is 2. The number of carbonyl (C=O) groups excluding carboxylic acids is 3. The minimum absolute atomic E-state index is 0.00410. The van der Waals surface area contributed by atoms with Gasteiger partial charge in [0.1, 0.15) is 5.82 Å². The molecule has 0 unspecified atom stereocenters. The topological polar surface area (TPSA) is 95.7 Å².